The molecule has 3 rings (SSSR count). The molecule has 0 aromatic heterocycles. The third kappa shape index (κ3) is 3.11. The van der Waals surface area contributed by atoms with Crippen LogP contribution in [0.25, 0.3) is 0 Å². The number of aliphatic hydroxyl groups excluding tert-OH is 1. The van der Waals surface area contributed by atoms with Crippen molar-refractivity contribution in [3.8, 4) is 5.75 Å². The summed E-state index contributed by atoms with van der Waals surface area (Å²) in [5, 5.41) is 10.3. The zero-order valence-electron chi connectivity index (χ0n) is 11.6. The Balaban J connectivity index is 1.81. The number of ether oxygens (including phenoxy) is 1. The molecule has 0 radical (unpaired) electrons. The fourth-order valence-electron chi connectivity index (χ4n) is 2.75. The Labute approximate surface area is 131 Å². The molecule has 2 unspecified atom stereocenters. The summed E-state index contributed by atoms with van der Waals surface area (Å²) >= 11 is 3.40. The van der Waals surface area contributed by atoms with Gasteiger partial charge in [0.25, 0.3) is 0 Å². The zero-order valence-corrected chi connectivity index (χ0v) is 13.2. The van der Waals surface area contributed by atoms with Crippen LogP contribution >= 0.6 is 15.9 Å². The molecular formula is C17H16BrFO2. The molecule has 0 saturated heterocycles. The van der Waals surface area contributed by atoms with E-state index in [2.05, 4.69) is 15.9 Å². The van der Waals surface area contributed by atoms with Crippen molar-refractivity contribution in [1.29, 1.82) is 0 Å². The number of benzene rings is 2. The molecule has 0 spiro atoms. The van der Waals surface area contributed by atoms with Crippen LogP contribution in [0.2, 0.25) is 0 Å². The number of aryl methyl sites for hydroxylation is 1. The van der Waals surface area contributed by atoms with Crippen molar-refractivity contribution in [2.75, 3.05) is 0 Å². The highest BCUT2D eigenvalue weighted by Crippen LogP contribution is 2.37. The number of aliphatic hydroxyl groups is 1. The van der Waals surface area contributed by atoms with E-state index in [1.165, 1.54) is 12.1 Å². The van der Waals surface area contributed by atoms with E-state index in [9.17, 15) is 9.50 Å². The van der Waals surface area contributed by atoms with Crippen LogP contribution < -0.4 is 4.74 Å². The van der Waals surface area contributed by atoms with Crippen LogP contribution in [0.15, 0.2) is 40.9 Å². The second kappa shape index (κ2) is 5.78. The normalized spacial score (nSPS) is 20.8. The maximum Gasteiger partial charge on any atom is 0.125 e. The number of halogens is 2. The Morgan fingerprint density at radius 2 is 2.10 bits per heavy atom. The summed E-state index contributed by atoms with van der Waals surface area (Å²) in [7, 11) is 0. The molecule has 1 aliphatic rings. The SMILES string of the molecule is Cc1cc(F)ccc1CC1CC(O)c2cc(Br)ccc2O1. The average Bonchev–Trinajstić information content (AvgIpc) is 2.43. The van der Waals surface area contributed by atoms with Crippen molar-refractivity contribution in [3.05, 3.63) is 63.4 Å². The van der Waals surface area contributed by atoms with Gasteiger partial charge in [-0.3, -0.25) is 0 Å². The summed E-state index contributed by atoms with van der Waals surface area (Å²) in [5.74, 6) is 0.498. The first-order valence-corrected chi connectivity index (χ1v) is 7.71. The maximum absolute atomic E-state index is 13.1. The van der Waals surface area contributed by atoms with Crippen molar-refractivity contribution in [3.63, 3.8) is 0 Å². The summed E-state index contributed by atoms with van der Waals surface area (Å²) in [6, 6.07) is 10.4. The minimum atomic E-state index is -0.531. The highest BCUT2D eigenvalue weighted by Gasteiger charge is 2.27. The number of hydrogen-bond acceptors (Lipinski definition) is 2. The summed E-state index contributed by atoms with van der Waals surface area (Å²) < 4.78 is 20.0. The molecule has 1 heterocycles. The van der Waals surface area contributed by atoms with Crippen LogP contribution in [0.1, 0.15) is 29.2 Å². The highest BCUT2D eigenvalue weighted by atomic mass is 79.9. The molecule has 1 N–H and O–H groups in total. The minimum absolute atomic E-state index is 0.0992. The molecular weight excluding hydrogens is 335 g/mol. The van der Waals surface area contributed by atoms with E-state index in [0.29, 0.717) is 12.8 Å². The Morgan fingerprint density at radius 3 is 2.86 bits per heavy atom. The van der Waals surface area contributed by atoms with Gasteiger partial charge < -0.3 is 9.84 Å². The van der Waals surface area contributed by atoms with Gasteiger partial charge >= 0.3 is 0 Å². The van der Waals surface area contributed by atoms with Gasteiger partial charge in [0.15, 0.2) is 0 Å². The van der Waals surface area contributed by atoms with Gasteiger partial charge in [0.1, 0.15) is 17.7 Å². The van der Waals surface area contributed by atoms with E-state index in [1.807, 2.05) is 25.1 Å². The van der Waals surface area contributed by atoms with Crippen LogP contribution in [-0.4, -0.2) is 11.2 Å². The van der Waals surface area contributed by atoms with Crippen molar-refractivity contribution in [2.24, 2.45) is 0 Å². The van der Waals surface area contributed by atoms with Crippen molar-refractivity contribution in [1.82, 2.24) is 0 Å². The van der Waals surface area contributed by atoms with Gasteiger partial charge in [0.05, 0.1) is 6.10 Å². The van der Waals surface area contributed by atoms with Gasteiger partial charge in [-0.25, -0.2) is 4.39 Å². The lowest BCUT2D eigenvalue weighted by molar-refractivity contribution is 0.0661. The van der Waals surface area contributed by atoms with Crippen molar-refractivity contribution in [2.45, 2.75) is 32.0 Å². The van der Waals surface area contributed by atoms with Crippen molar-refractivity contribution < 1.29 is 14.2 Å². The molecule has 0 saturated carbocycles. The average molecular weight is 351 g/mol. The molecule has 21 heavy (non-hydrogen) atoms. The van der Waals surface area contributed by atoms with Crippen LogP contribution in [0.5, 0.6) is 5.75 Å². The lowest BCUT2D eigenvalue weighted by Gasteiger charge is -2.30. The van der Waals surface area contributed by atoms with E-state index in [-0.39, 0.29) is 11.9 Å². The molecule has 2 aromatic carbocycles. The van der Waals surface area contributed by atoms with Crippen molar-refractivity contribution >= 4 is 15.9 Å². The van der Waals surface area contributed by atoms with E-state index >= 15 is 0 Å². The van der Waals surface area contributed by atoms with Gasteiger partial charge in [0.2, 0.25) is 0 Å². The predicted molar refractivity (Wildman–Crippen MR) is 83.0 cm³/mol. The zero-order chi connectivity index (χ0) is 15.0. The minimum Gasteiger partial charge on any atom is -0.490 e. The second-order valence-corrected chi connectivity index (χ2v) is 6.36. The third-order valence-electron chi connectivity index (χ3n) is 3.86. The standard InChI is InChI=1S/C17H16BrFO2/c1-10-6-13(19)4-2-11(10)7-14-9-16(20)15-8-12(18)3-5-17(15)21-14/h2-6,8,14,16,20H,7,9H2,1H3. The summed E-state index contributed by atoms with van der Waals surface area (Å²) in [5.41, 5.74) is 2.78. The van der Waals surface area contributed by atoms with Gasteiger partial charge in [0, 0.05) is 22.9 Å². The van der Waals surface area contributed by atoms with E-state index in [0.717, 1.165) is 26.9 Å². The maximum atomic E-state index is 13.1. The number of hydrogen-bond donors (Lipinski definition) is 1. The Kier molecular flexibility index (Phi) is 4.00. The largest absolute Gasteiger partial charge is 0.490 e. The van der Waals surface area contributed by atoms with E-state index < -0.39 is 6.10 Å². The molecule has 2 atom stereocenters. The fraction of sp³-hybridized carbons (Fsp3) is 0.294. The first-order valence-electron chi connectivity index (χ1n) is 6.92. The molecule has 0 bridgehead atoms. The lowest BCUT2D eigenvalue weighted by atomic mass is 9.94. The number of fused-ring (bicyclic) bond motifs is 1. The van der Waals surface area contributed by atoms with Gasteiger partial charge in [-0.1, -0.05) is 22.0 Å². The molecule has 4 heteroatoms. The molecule has 1 aliphatic heterocycles. The van der Waals surface area contributed by atoms with E-state index in [1.54, 1.807) is 6.07 Å². The molecule has 0 fully saturated rings. The summed E-state index contributed by atoms with van der Waals surface area (Å²) in [4.78, 5) is 0. The highest BCUT2D eigenvalue weighted by molar-refractivity contribution is 9.10. The lowest BCUT2D eigenvalue weighted by Crippen LogP contribution is -2.28. The summed E-state index contributed by atoms with van der Waals surface area (Å²) in [6.45, 7) is 1.89. The van der Waals surface area contributed by atoms with Crippen LogP contribution in [-0.2, 0) is 6.42 Å². The van der Waals surface area contributed by atoms with Crippen LogP contribution in [0.4, 0.5) is 4.39 Å². The Bertz CT molecular complexity index is 672. The number of rotatable bonds is 2. The molecule has 2 nitrogen and oxygen atoms in total. The Morgan fingerprint density at radius 1 is 1.29 bits per heavy atom. The Hall–Kier alpha value is -1.39. The molecule has 0 amide bonds. The second-order valence-electron chi connectivity index (χ2n) is 5.45. The predicted octanol–water partition coefficient (Wildman–Crippen LogP) is 4.32. The summed E-state index contributed by atoms with van der Waals surface area (Å²) in [6.07, 6.45) is 0.578. The first-order chi connectivity index (χ1) is 10.0. The topological polar surface area (TPSA) is 29.5 Å². The van der Waals surface area contributed by atoms with Gasteiger partial charge in [-0.15, -0.1) is 0 Å². The van der Waals surface area contributed by atoms with Crippen LogP contribution in [0.3, 0.4) is 0 Å². The smallest absolute Gasteiger partial charge is 0.125 e. The molecule has 0 aliphatic carbocycles. The third-order valence-corrected chi connectivity index (χ3v) is 4.36. The quantitative estimate of drug-likeness (QED) is 0.873. The van der Waals surface area contributed by atoms with Gasteiger partial charge in [-0.2, -0.15) is 0 Å². The molecule has 2 aromatic rings. The molecule has 110 valence electrons. The monoisotopic (exact) mass is 350 g/mol. The fourth-order valence-corrected chi connectivity index (χ4v) is 3.13. The van der Waals surface area contributed by atoms with E-state index in [4.69, 9.17) is 4.74 Å². The van der Waals surface area contributed by atoms with Gasteiger partial charge in [-0.05, 0) is 48.4 Å². The van der Waals surface area contributed by atoms with Crippen LogP contribution in [0, 0.1) is 12.7 Å². The first kappa shape index (κ1) is 14.5.